The van der Waals surface area contributed by atoms with Gasteiger partial charge in [-0.1, -0.05) is 108 Å². The van der Waals surface area contributed by atoms with E-state index in [1.54, 1.807) is 11.1 Å². The normalized spacial score (nSPS) is 9.03. The zero-order valence-corrected chi connectivity index (χ0v) is 29.9. The second kappa shape index (κ2) is 22.9. The Kier molecular flexibility index (Phi) is 27.4. The predicted octanol–water partition coefficient (Wildman–Crippen LogP) is 9.95. The molecule has 0 spiro atoms. The van der Waals surface area contributed by atoms with Crippen molar-refractivity contribution in [3.8, 4) is 0 Å². The van der Waals surface area contributed by atoms with Gasteiger partial charge in [0, 0.05) is 9.52 Å². The molecule has 0 heterocycles. The Morgan fingerprint density at radius 2 is 0.829 bits per heavy atom. The SMILES string of the molecule is CCC[c-]1c(C)c(C)c(C)c1C.CCC[c-]1c(C)c(C)c(C)c1C.C[SiH]C.Cl.Cl.[Zr+3].c1cc[cH-]c1. The molecule has 0 aliphatic rings. The Morgan fingerprint density at radius 3 is 0.971 bits per heavy atom. The second-order valence-electron chi connectivity index (χ2n) is 9.00. The van der Waals surface area contributed by atoms with Gasteiger partial charge in [-0.25, -0.2) is 12.1 Å². The van der Waals surface area contributed by atoms with E-state index in [0.717, 1.165) is 9.52 Å². The molecule has 0 amide bonds. The molecule has 0 saturated carbocycles. The van der Waals surface area contributed by atoms with Gasteiger partial charge in [-0.05, 0) is 0 Å². The quantitative estimate of drug-likeness (QED) is 0.203. The molecule has 0 fully saturated rings. The van der Waals surface area contributed by atoms with Crippen molar-refractivity contribution < 1.29 is 26.2 Å². The fraction of sp³-hybridized carbons (Fsp3) is 0.516. The van der Waals surface area contributed by atoms with Crippen LogP contribution in [0, 0.1) is 55.4 Å². The molecule has 0 aromatic heterocycles. The van der Waals surface area contributed by atoms with E-state index in [1.165, 1.54) is 70.2 Å². The third kappa shape index (κ3) is 13.2. The van der Waals surface area contributed by atoms with Gasteiger partial charge in [-0.3, -0.25) is 0 Å². The van der Waals surface area contributed by atoms with Gasteiger partial charge in [0.05, 0.1) is 0 Å². The molecule has 0 aliphatic heterocycles. The van der Waals surface area contributed by atoms with Gasteiger partial charge in [-0.2, -0.15) is 73.8 Å². The maximum atomic E-state index is 2.25. The van der Waals surface area contributed by atoms with Crippen molar-refractivity contribution in [2.45, 2.75) is 108 Å². The van der Waals surface area contributed by atoms with E-state index in [-0.39, 0.29) is 51.0 Å². The summed E-state index contributed by atoms with van der Waals surface area (Å²) in [5, 5.41) is 0. The smallest absolute Gasteiger partial charge is 0.214 e. The van der Waals surface area contributed by atoms with Gasteiger partial charge in [0.1, 0.15) is 0 Å². The van der Waals surface area contributed by atoms with E-state index in [2.05, 4.69) is 82.3 Å². The summed E-state index contributed by atoms with van der Waals surface area (Å²) in [6, 6.07) is 10.0. The van der Waals surface area contributed by atoms with E-state index in [9.17, 15) is 0 Å². The minimum atomic E-state index is 0. The van der Waals surface area contributed by atoms with E-state index in [1.807, 2.05) is 30.3 Å². The standard InChI is InChI=1S/2C12H19.C5H5.C2H7Si.2ClH.Zr/c2*1-6-7-12-10(4)8(2)9(3)11(12)5;1-2-4-5-3-1;1-3-2;;;/h2*6-7H2,1-5H3;1-5H;3H,1-2H3;2*1H;/q3*-1;;;;+3. The molecule has 0 bridgehead atoms. The molecule has 0 unspecified atom stereocenters. The van der Waals surface area contributed by atoms with Gasteiger partial charge in [-0.15, -0.1) is 24.8 Å². The maximum Gasteiger partial charge on any atom is 3.00 e. The van der Waals surface area contributed by atoms with E-state index >= 15 is 0 Å². The minimum Gasteiger partial charge on any atom is -0.214 e. The van der Waals surface area contributed by atoms with Crippen molar-refractivity contribution in [3.63, 3.8) is 0 Å². The molecule has 0 saturated heterocycles. The van der Waals surface area contributed by atoms with Gasteiger partial charge in [0.25, 0.3) is 0 Å². The van der Waals surface area contributed by atoms with Crippen molar-refractivity contribution in [2.24, 2.45) is 0 Å². The summed E-state index contributed by atoms with van der Waals surface area (Å²) in [7, 11) is 0.750. The molecule has 3 rings (SSSR count). The largest absolute Gasteiger partial charge is 3.00 e. The monoisotopic (exact) mass is 612 g/mol. The van der Waals surface area contributed by atoms with E-state index in [0.29, 0.717) is 0 Å². The van der Waals surface area contributed by atoms with Gasteiger partial charge in [0.15, 0.2) is 0 Å². The van der Waals surface area contributed by atoms with Crippen LogP contribution in [-0.4, -0.2) is 9.52 Å². The average Bonchev–Trinajstić information content (AvgIpc) is 3.46. The third-order valence-electron chi connectivity index (χ3n) is 6.74. The minimum absolute atomic E-state index is 0. The van der Waals surface area contributed by atoms with Crippen LogP contribution >= 0.6 is 24.8 Å². The Morgan fingerprint density at radius 1 is 0.600 bits per heavy atom. The average molecular weight is 615 g/mol. The topological polar surface area (TPSA) is 0 Å². The van der Waals surface area contributed by atoms with Crippen LogP contribution in [0.25, 0.3) is 0 Å². The first-order chi connectivity index (χ1) is 15.1. The van der Waals surface area contributed by atoms with Crippen molar-refractivity contribution in [2.75, 3.05) is 0 Å². The van der Waals surface area contributed by atoms with Crippen LogP contribution in [0.5, 0.6) is 0 Å². The Bertz CT molecular complexity index is 758. The molecule has 3 aromatic rings. The van der Waals surface area contributed by atoms with Crippen LogP contribution in [-0.2, 0) is 39.0 Å². The molecule has 0 N–H and O–H groups in total. The van der Waals surface area contributed by atoms with Gasteiger partial charge >= 0.3 is 26.2 Å². The first-order valence-corrected chi connectivity index (χ1v) is 14.8. The van der Waals surface area contributed by atoms with Crippen molar-refractivity contribution in [1.82, 2.24) is 0 Å². The molecule has 0 aliphatic carbocycles. The van der Waals surface area contributed by atoms with Crippen molar-refractivity contribution in [1.29, 1.82) is 0 Å². The maximum absolute atomic E-state index is 2.25. The molecule has 2 radical (unpaired) electrons. The molecule has 35 heavy (non-hydrogen) atoms. The fourth-order valence-corrected chi connectivity index (χ4v) is 4.16. The van der Waals surface area contributed by atoms with E-state index in [4.69, 9.17) is 0 Å². The molecule has 4 heteroatoms. The number of rotatable bonds is 4. The summed E-state index contributed by atoms with van der Waals surface area (Å²) in [4.78, 5) is 0. The first-order valence-electron chi connectivity index (χ1n) is 12.4. The Balaban J connectivity index is -0.000000197. The molecule has 3 aromatic carbocycles. The Labute approximate surface area is 252 Å². The Hall–Kier alpha value is -0.270. The van der Waals surface area contributed by atoms with Crippen LogP contribution < -0.4 is 0 Å². The summed E-state index contributed by atoms with van der Waals surface area (Å²) in [5.41, 5.74) is 15.2. The first kappa shape index (κ1) is 41.8. The van der Waals surface area contributed by atoms with Crippen LogP contribution in [0.2, 0.25) is 13.1 Å². The zero-order chi connectivity index (χ0) is 24.8. The number of hydrogen-bond donors (Lipinski definition) is 0. The van der Waals surface area contributed by atoms with Crippen LogP contribution in [0.4, 0.5) is 0 Å². The summed E-state index contributed by atoms with van der Waals surface area (Å²) in [6.45, 7) is 26.8. The second-order valence-corrected chi connectivity index (χ2v) is 10.2. The summed E-state index contributed by atoms with van der Waals surface area (Å²) >= 11 is 0. The van der Waals surface area contributed by atoms with Gasteiger partial charge in [0.2, 0.25) is 0 Å². The van der Waals surface area contributed by atoms with Crippen LogP contribution in [0.3, 0.4) is 0 Å². The van der Waals surface area contributed by atoms with E-state index < -0.39 is 0 Å². The van der Waals surface area contributed by atoms with Crippen molar-refractivity contribution >= 4 is 34.3 Å². The molecule has 0 nitrogen and oxygen atoms in total. The number of halogens is 2. The molecular formula is C31H52Cl2SiZr. The summed E-state index contributed by atoms with van der Waals surface area (Å²) in [6.07, 6.45) is 4.99. The predicted molar refractivity (Wildman–Crippen MR) is 165 cm³/mol. The zero-order valence-electron chi connectivity index (χ0n) is 24.6. The molecular weight excluding hydrogens is 563 g/mol. The fourth-order valence-electron chi connectivity index (χ4n) is 4.16. The number of hydrogen-bond acceptors (Lipinski definition) is 0. The summed E-state index contributed by atoms with van der Waals surface area (Å²) < 4.78 is 0. The molecule has 198 valence electrons. The van der Waals surface area contributed by atoms with Crippen LogP contribution in [0.1, 0.15) is 82.3 Å². The van der Waals surface area contributed by atoms with Gasteiger partial charge < -0.3 is 0 Å². The summed E-state index contributed by atoms with van der Waals surface area (Å²) in [5.74, 6) is 0. The molecule has 0 atom stereocenters. The van der Waals surface area contributed by atoms with Crippen molar-refractivity contribution in [3.05, 3.63) is 86.0 Å². The van der Waals surface area contributed by atoms with Crippen LogP contribution in [0.15, 0.2) is 30.3 Å². The third-order valence-corrected chi connectivity index (χ3v) is 6.74.